The van der Waals surface area contributed by atoms with Crippen LogP contribution in [-0.2, 0) is 4.74 Å². The topological polar surface area (TPSA) is 29.5 Å². The highest BCUT2D eigenvalue weighted by molar-refractivity contribution is 4.76. The van der Waals surface area contributed by atoms with Crippen LogP contribution in [0.25, 0.3) is 0 Å². The number of rotatable bonds is 8. The van der Waals surface area contributed by atoms with Crippen LogP contribution < -0.4 is 0 Å². The summed E-state index contributed by atoms with van der Waals surface area (Å²) >= 11 is 0. The van der Waals surface area contributed by atoms with Gasteiger partial charge in [0.1, 0.15) is 0 Å². The fourth-order valence-electron chi connectivity index (χ4n) is 1.50. The zero-order valence-corrected chi connectivity index (χ0v) is 11.9. The average molecular weight is 230 g/mol. The molecule has 0 saturated heterocycles. The molecule has 0 rings (SSSR count). The van der Waals surface area contributed by atoms with Crippen LogP contribution in [0.4, 0.5) is 0 Å². The van der Waals surface area contributed by atoms with Crippen LogP contribution in [0.1, 0.15) is 60.8 Å². The highest BCUT2D eigenvalue weighted by Crippen LogP contribution is 2.30. The molecule has 0 aromatic carbocycles. The third kappa shape index (κ3) is 7.24. The Balaban J connectivity index is 3.89. The quantitative estimate of drug-likeness (QED) is 0.690. The first-order valence-corrected chi connectivity index (χ1v) is 6.55. The maximum absolute atomic E-state index is 9.16. The van der Waals surface area contributed by atoms with E-state index in [0.717, 1.165) is 12.3 Å². The molecule has 2 unspecified atom stereocenters. The highest BCUT2D eigenvalue weighted by Gasteiger charge is 2.26. The number of ether oxygens (including phenoxy) is 1. The van der Waals surface area contributed by atoms with Gasteiger partial charge in [0.2, 0.25) is 0 Å². The minimum Gasteiger partial charge on any atom is -0.393 e. The Morgan fingerprint density at radius 2 is 1.62 bits per heavy atom. The molecular weight excluding hydrogens is 200 g/mol. The minimum absolute atomic E-state index is 0.225. The van der Waals surface area contributed by atoms with Crippen molar-refractivity contribution in [1.29, 1.82) is 0 Å². The normalized spacial score (nSPS) is 16.5. The summed E-state index contributed by atoms with van der Waals surface area (Å²) in [4.78, 5) is 0. The predicted octanol–water partition coefficient (Wildman–Crippen LogP) is 3.62. The van der Waals surface area contributed by atoms with Gasteiger partial charge in [-0.3, -0.25) is 0 Å². The molecule has 0 fully saturated rings. The molecule has 0 saturated carbocycles. The van der Waals surface area contributed by atoms with Crippen molar-refractivity contribution >= 4 is 0 Å². The van der Waals surface area contributed by atoms with Gasteiger partial charge in [-0.05, 0) is 38.0 Å². The summed E-state index contributed by atoms with van der Waals surface area (Å²) in [5.41, 5.74) is 0.225. The Bertz CT molecular complexity index is 174. The zero-order valence-electron chi connectivity index (χ0n) is 11.9. The smallest absolute Gasteiger partial charge is 0.0597 e. The average Bonchev–Trinajstić information content (AvgIpc) is 2.14. The van der Waals surface area contributed by atoms with Crippen LogP contribution in [0.2, 0.25) is 0 Å². The second-order valence-electron chi connectivity index (χ2n) is 6.07. The van der Waals surface area contributed by atoms with Crippen molar-refractivity contribution in [3.05, 3.63) is 0 Å². The maximum Gasteiger partial charge on any atom is 0.0597 e. The molecule has 0 aromatic heterocycles. The fourth-order valence-corrected chi connectivity index (χ4v) is 1.50. The van der Waals surface area contributed by atoms with Gasteiger partial charge in [0.25, 0.3) is 0 Å². The van der Waals surface area contributed by atoms with E-state index in [-0.39, 0.29) is 17.6 Å². The molecule has 2 heteroatoms. The lowest BCUT2D eigenvalue weighted by atomic mass is 9.81. The van der Waals surface area contributed by atoms with Gasteiger partial charge in [0.05, 0.1) is 12.2 Å². The summed E-state index contributed by atoms with van der Waals surface area (Å²) < 4.78 is 5.79. The fraction of sp³-hybridized carbons (Fsp3) is 1.00. The Morgan fingerprint density at radius 1 is 1.06 bits per heavy atom. The predicted molar refractivity (Wildman–Crippen MR) is 69.6 cm³/mol. The Labute approximate surface area is 101 Å². The monoisotopic (exact) mass is 230 g/mol. The summed E-state index contributed by atoms with van der Waals surface area (Å²) in [6.07, 6.45) is 3.17. The number of hydrogen-bond acceptors (Lipinski definition) is 2. The van der Waals surface area contributed by atoms with Gasteiger partial charge in [-0.15, -0.1) is 0 Å². The van der Waals surface area contributed by atoms with E-state index in [2.05, 4.69) is 34.6 Å². The van der Waals surface area contributed by atoms with E-state index >= 15 is 0 Å². The standard InChI is InChI=1S/C14H30O2/c1-11(2)7-9-14(5,6)13(4)16-10-8-12(3)15/h11-13,15H,7-10H2,1-6H3. The van der Waals surface area contributed by atoms with E-state index < -0.39 is 0 Å². The van der Waals surface area contributed by atoms with E-state index in [1.165, 1.54) is 12.8 Å². The summed E-state index contributed by atoms with van der Waals surface area (Å²) in [7, 11) is 0. The summed E-state index contributed by atoms with van der Waals surface area (Å²) in [6, 6.07) is 0. The number of aliphatic hydroxyl groups is 1. The molecule has 0 spiro atoms. The first kappa shape index (κ1) is 15.9. The van der Waals surface area contributed by atoms with E-state index in [1.807, 2.05) is 0 Å². The molecule has 0 amide bonds. The van der Waals surface area contributed by atoms with Gasteiger partial charge >= 0.3 is 0 Å². The minimum atomic E-state index is -0.258. The molecule has 0 aromatic rings. The van der Waals surface area contributed by atoms with E-state index in [9.17, 15) is 0 Å². The lowest BCUT2D eigenvalue weighted by molar-refractivity contribution is -0.0290. The van der Waals surface area contributed by atoms with Crippen LogP contribution in [-0.4, -0.2) is 23.9 Å². The van der Waals surface area contributed by atoms with Crippen LogP contribution in [0, 0.1) is 11.3 Å². The molecule has 98 valence electrons. The summed E-state index contributed by atoms with van der Waals surface area (Å²) in [6.45, 7) is 13.7. The molecule has 2 atom stereocenters. The van der Waals surface area contributed by atoms with Gasteiger partial charge in [-0.1, -0.05) is 34.1 Å². The third-order valence-corrected chi connectivity index (χ3v) is 3.37. The second-order valence-corrected chi connectivity index (χ2v) is 6.07. The molecule has 0 radical (unpaired) electrons. The van der Waals surface area contributed by atoms with Crippen molar-refractivity contribution in [2.75, 3.05) is 6.61 Å². The van der Waals surface area contributed by atoms with Gasteiger partial charge in [-0.25, -0.2) is 0 Å². The van der Waals surface area contributed by atoms with Gasteiger partial charge in [0, 0.05) is 6.61 Å². The van der Waals surface area contributed by atoms with Crippen molar-refractivity contribution in [2.24, 2.45) is 11.3 Å². The Hall–Kier alpha value is -0.0800. The molecular formula is C14H30O2. The van der Waals surface area contributed by atoms with Gasteiger partial charge < -0.3 is 9.84 Å². The van der Waals surface area contributed by atoms with Crippen LogP contribution >= 0.6 is 0 Å². The van der Waals surface area contributed by atoms with Gasteiger partial charge in [0.15, 0.2) is 0 Å². The number of aliphatic hydroxyl groups excluding tert-OH is 1. The lowest BCUT2D eigenvalue weighted by Gasteiger charge is -2.32. The molecule has 0 aliphatic carbocycles. The Kier molecular flexibility index (Phi) is 7.25. The first-order chi connectivity index (χ1) is 7.25. The van der Waals surface area contributed by atoms with Crippen molar-refractivity contribution < 1.29 is 9.84 Å². The SMILES string of the molecule is CC(C)CCC(C)(C)C(C)OCCC(C)O. The number of hydrogen-bond donors (Lipinski definition) is 1. The molecule has 0 heterocycles. The molecule has 2 nitrogen and oxygen atoms in total. The lowest BCUT2D eigenvalue weighted by Crippen LogP contribution is -2.30. The largest absolute Gasteiger partial charge is 0.393 e. The molecule has 16 heavy (non-hydrogen) atoms. The van der Waals surface area contributed by atoms with E-state index in [4.69, 9.17) is 9.84 Å². The zero-order chi connectivity index (χ0) is 12.8. The third-order valence-electron chi connectivity index (χ3n) is 3.37. The molecule has 0 aliphatic heterocycles. The van der Waals surface area contributed by atoms with Crippen molar-refractivity contribution in [1.82, 2.24) is 0 Å². The van der Waals surface area contributed by atoms with Crippen LogP contribution in [0.5, 0.6) is 0 Å². The van der Waals surface area contributed by atoms with Crippen molar-refractivity contribution in [3.63, 3.8) is 0 Å². The Morgan fingerprint density at radius 3 is 2.06 bits per heavy atom. The highest BCUT2D eigenvalue weighted by atomic mass is 16.5. The summed E-state index contributed by atoms with van der Waals surface area (Å²) in [5, 5.41) is 9.16. The van der Waals surface area contributed by atoms with E-state index in [1.54, 1.807) is 6.92 Å². The van der Waals surface area contributed by atoms with E-state index in [0.29, 0.717) is 6.61 Å². The maximum atomic E-state index is 9.16. The first-order valence-electron chi connectivity index (χ1n) is 6.55. The van der Waals surface area contributed by atoms with Crippen LogP contribution in [0.15, 0.2) is 0 Å². The molecule has 0 aliphatic rings. The second kappa shape index (κ2) is 7.29. The van der Waals surface area contributed by atoms with Crippen molar-refractivity contribution in [2.45, 2.75) is 73.0 Å². The van der Waals surface area contributed by atoms with Gasteiger partial charge in [-0.2, -0.15) is 0 Å². The van der Waals surface area contributed by atoms with Crippen molar-refractivity contribution in [3.8, 4) is 0 Å². The molecule has 1 N–H and O–H groups in total. The van der Waals surface area contributed by atoms with Crippen LogP contribution in [0.3, 0.4) is 0 Å². The summed E-state index contributed by atoms with van der Waals surface area (Å²) in [5.74, 6) is 0.754. The molecule has 0 bridgehead atoms.